The minimum absolute atomic E-state index is 0.0518. The Morgan fingerprint density at radius 3 is 2.29 bits per heavy atom. The number of amides is 2. The van der Waals surface area contributed by atoms with E-state index in [2.05, 4.69) is 40.7 Å². The molecule has 1 N–H and O–H groups in total. The van der Waals surface area contributed by atoms with Gasteiger partial charge in [-0.2, -0.15) is 5.10 Å². The highest BCUT2D eigenvalue weighted by Crippen LogP contribution is 2.26. The summed E-state index contributed by atoms with van der Waals surface area (Å²) in [6.45, 7) is 15.3. The zero-order valence-corrected chi connectivity index (χ0v) is 25.8. The maximum Gasteiger partial charge on any atom is 0.277 e. The minimum atomic E-state index is -0.386. The van der Waals surface area contributed by atoms with E-state index in [9.17, 15) is 9.59 Å². The maximum absolute atomic E-state index is 13.1. The number of pyridine rings is 1. The number of unbranched alkanes of at least 4 members (excludes halogenated alkanes) is 1. The van der Waals surface area contributed by atoms with E-state index in [-0.39, 0.29) is 17.5 Å². The summed E-state index contributed by atoms with van der Waals surface area (Å²) in [7, 11) is 3.68. The third kappa shape index (κ3) is 8.16. The molecule has 0 unspecified atom stereocenters. The Balaban J connectivity index is 0.00000114. The lowest BCUT2D eigenvalue weighted by atomic mass is 10.1. The number of nitrogens with one attached hydrogen (secondary N) is 1. The van der Waals surface area contributed by atoms with Gasteiger partial charge in [0.25, 0.3) is 11.8 Å². The molecule has 42 heavy (non-hydrogen) atoms. The number of rotatable bonds is 9. The molecule has 0 bridgehead atoms. The summed E-state index contributed by atoms with van der Waals surface area (Å²) in [5, 5.41) is 7.41. The SMILES string of the molecule is C=C/C=C(/c1ccc(C)c(OC)c1)n1nc(C(=O)Nc2ccc(C(=O)N3CCN(C)CC3)cn2)cc1CC.CCCC. The van der Waals surface area contributed by atoms with Crippen molar-refractivity contribution >= 4 is 23.3 Å². The number of ether oxygens (including phenoxy) is 1. The van der Waals surface area contributed by atoms with Gasteiger partial charge in [0.15, 0.2) is 5.69 Å². The number of anilines is 1. The first-order valence-electron chi connectivity index (χ1n) is 14.6. The fourth-order valence-electron chi connectivity index (χ4n) is 4.34. The van der Waals surface area contributed by atoms with Crippen molar-refractivity contribution in [1.82, 2.24) is 24.6 Å². The Morgan fingerprint density at radius 1 is 1.02 bits per heavy atom. The van der Waals surface area contributed by atoms with E-state index in [0.29, 0.717) is 30.9 Å². The number of hydrogen-bond donors (Lipinski definition) is 1. The molecule has 224 valence electrons. The molecule has 1 aliphatic rings. The Kier molecular flexibility index (Phi) is 12.0. The first-order chi connectivity index (χ1) is 20.3. The Hall–Kier alpha value is -4.24. The van der Waals surface area contributed by atoms with Crippen LogP contribution >= 0.6 is 0 Å². The zero-order chi connectivity index (χ0) is 30.6. The predicted octanol–water partition coefficient (Wildman–Crippen LogP) is 5.68. The van der Waals surface area contributed by atoms with Crippen LogP contribution in [0.2, 0.25) is 0 Å². The van der Waals surface area contributed by atoms with Crippen molar-refractivity contribution in [2.45, 2.75) is 47.0 Å². The topological polar surface area (TPSA) is 92.6 Å². The number of aromatic nitrogens is 3. The molecule has 0 spiro atoms. The second kappa shape index (κ2) is 15.7. The Morgan fingerprint density at radius 2 is 1.71 bits per heavy atom. The Bertz CT molecular complexity index is 1380. The van der Waals surface area contributed by atoms with Crippen LogP contribution < -0.4 is 10.1 Å². The van der Waals surface area contributed by atoms with Gasteiger partial charge in [-0.3, -0.25) is 9.59 Å². The van der Waals surface area contributed by atoms with E-state index >= 15 is 0 Å². The largest absolute Gasteiger partial charge is 0.496 e. The molecule has 1 saturated heterocycles. The van der Waals surface area contributed by atoms with Crippen LogP contribution in [0.5, 0.6) is 5.75 Å². The van der Waals surface area contributed by atoms with Gasteiger partial charge in [0, 0.05) is 43.6 Å². The number of allylic oxidation sites excluding steroid dienone is 2. The summed E-state index contributed by atoms with van der Waals surface area (Å²) >= 11 is 0. The van der Waals surface area contributed by atoms with Gasteiger partial charge in [-0.05, 0) is 56.3 Å². The highest BCUT2D eigenvalue weighted by Gasteiger charge is 2.21. The van der Waals surface area contributed by atoms with E-state index < -0.39 is 0 Å². The van der Waals surface area contributed by atoms with Gasteiger partial charge in [0.1, 0.15) is 11.6 Å². The van der Waals surface area contributed by atoms with Crippen LogP contribution in [0.15, 0.2) is 61.3 Å². The normalized spacial score (nSPS) is 13.7. The summed E-state index contributed by atoms with van der Waals surface area (Å²) < 4.78 is 7.25. The lowest BCUT2D eigenvalue weighted by molar-refractivity contribution is 0.0663. The number of piperazine rings is 1. The van der Waals surface area contributed by atoms with Crippen molar-refractivity contribution in [1.29, 1.82) is 0 Å². The number of nitrogens with zero attached hydrogens (tertiary/aromatic N) is 5. The van der Waals surface area contributed by atoms with Gasteiger partial charge in [0.2, 0.25) is 0 Å². The average Bonchev–Trinajstić information content (AvgIpc) is 3.45. The molecule has 3 heterocycles. The monoisotopic (exact) mass is 572 g/mol. The highest BCUT2D eigenvalue weighted by molar-refractivity contribution is 6.02. The third-order valence-corrected chi connectivity index (χ3v) is 7.13. The van der Waals surface area contributed by atoms with Crippen LogP contribution in [0.4, 0.5) is 5.82 Å². The fraction of sp³-hybridized carbons (Fsp3) is 0.394. The molecule has 3 aromatic rings. The molecule has 1 aromatic carbocycles. The van der Waals surface area contributed by atoms with Crippen molar-refractivity contribution in [3.63, 3.8) is 0 Å². The number of benzene rings is 1. The molecule has 2 amide bonds. The van der Waals surface area contributed by atoms with Crippen molar-refractivity contribution in [2.75, 3.05) is 45.7 Å². The van der Waals surface area contributed by atoms with E-state index in [4.69, 9.17) is 4.74 Å². The number of hydrogen-bond acceptors (Lipinski definition) is 6. The quantitative estimate of drug-likeness (QED) is 0.332. The lowest BCUT2D eigenvalue weighted by Gasteiger charge is -2.32. The Labute approximate surface area is 249 Å². The molecular formula is C33H44N6O3. The maximum atomic E-state index is 13.1. The van der Waals surface area contributed by atoms with Crippen molar-refractivity contribution in [2.24, 2.45) is 0 Å². The fourth-order valence-corrected chi connectivity index (χ4v) is 4.34. The molecule has 0 saturated carbocycles. The molecule has 9 nitrogen and oxygen atoms in total. The van der Waals surface area contributed by atoms with Crippen LogP contribution in [0, 0.1) is 6.92 Å². The standard InChI is InChI=1S/C29H34N6O3.C4H10/c1-6-8-25(21-10-9-20(3)26(17-21)38-5)35-23(7-2)18-24(32-35)28(36)31-27-12-11-22(19-30-27)29(37)34-15-13-33(4)14-16-34;1-3-4-2/h6,8-12,17-19H,1,7,13-16H2,2-5H3,(H,30,31,36);3-4H2,1-2H3/b25-8-;. The average molecular weight is 573 g/mol. The van der Waals surface area contributed by atoms with Gasteiger partial charge in [0.05, 0.1) is 18.4 Å². The van der Waals surface area contributed by atoms with E-state index in [0.717, 1.165) is 41.4 Å². The molecule has 4 rings (SSSR count). The number of carbonyl (C=O) groups is 2. The van der Waals surface area contributed by atoms with Crippen molar-refractivity contribution in [3.8, 4) is 5.75 Å². The molecule has 0 aliphatic carbocycles. The summed E-state index contributed by atoms with van der Waals surface area (Å²) in [5.41, 5.74) is 4.31. The minimum Gasteiger partial charge on any atom is -0.496 e. The number of aryl methyl sites for hydroxylation is 2. The zero-order valence-electron chi connectivity index (χ0n) is 25.8. The third-order valence-electron chi connectivity index (χ3n) is 7.13. The van der Waals surface area contributed by atoms with Gasteiger partial charge in [-0.25, -0.2) is 9.67 Å². The molecular weight excluding hydrogens is 528 g/mol. The smallest absolute Gasteiger partial charge is 0.277 e. The summed E-state index contributed by atoms with van der Waals surface area (Å²) in [4.78, 5) is 34.2. The van der Waals surface area contributed by atoms with Gasteiger partial charge in [-0.15, -0.1) is 0 Å². The number of likely N-dealkylation sites (N-methyl/N-ethyl adjacent to an activating group) is 1. The van der Waals surface area contributed by atoms with E-state index in [1.54, 1.807) is 36.1 Å². The molecule has 0 radical (unpaired) electrons. The summed E-state index contributed by atoms with van der Waals surface area (Å²) in [5.74, 6) is 0.677. The molecule has 0 atom stereocenters. The summed E-state index contributed by atoms with van der Waals surface area (Å²) in [6, 6.07) is 11.0. The van der Waals surface area contributed by atoms with Crippen LogP contribution in [0.1, 0.15) is 71.3 Å². The van der Waals surface area contributed by atoms with E-state index in [1.807, 2.05) is 50.1 Å². The number of carbonyl (C=O) groups excluding carboxylic acids is 2. The lowest BCUT2D eigenvalue weighted by Crippen LogP contribution is -2.47. The van der Waals surface area contributed by atoms with Gasteiger partial charge in [-0.1, -0.05) is 58.4 Å². The first-order valence-corrected chi connectivity index (χ1v) is 14.6. The van der Waals surface area contributed by atoms with Crippen molar-refractivity contribution in [3.05, 3.63) is 89.4 Å². The second-order valence-electron chi connectivity index (χ2n) is 10.2. The first kappa shape index (κ1) is 32.3. The van der Waals surface area contributed by atoms with Crippen LogP contribution in [-0.4, -0.2) is 76.7 Å². The summed E-state index contributed by atoms with van der Waals surface area (Å²) in [6.07, 6.45) is 8.36. The molecule has 1 fully saturated rings. The van der Waals surface area contributed by atoms with Crippen molar-refractivity contribution < 1.29 is 14.3 Å². The number of methoxy groups -OCH3 is 1. The van der Waals surface area contributed by atoms with E-state index in [1.165, 1.54) is 19.0 Å². The molecule has 1 aliphatic heterocycles. The predicted molar refractivity (Wildman–Crippen MR) is 169 cm³/mol. The van der Waals surface area contributed by atoms with Gasteiger partial charge >= 0.3 is 0 Å². The van der Waals surface area contributed by atoms with Crippen LogP contribution in [-0.2, 0) is 6.42 Å². The highest BCUT2D eigenvalue weighted by atomic mass is 16.5. The second-order valence-corrected chi connectivity index (χ2v) is 10.2. The van der Waals surface area contributed by atoms with Gasteiger partial charge < -0.3 is 19.9 Å². The van der Waals surface area contributed by atoms with Crippen LogP contribution in [0.3, 0.4) is 0 Å². The molecule has 2 aromatic heterocycles. The van der Waals surface area contributed by atoms with Crippen LogP contribution in [0.25, 0.3) is 5.70 Å². The molecule has 9 heteroatoms.